The van der Waals surface area contributed by atoms with Crippen molar-refractivity contribution >= 4 is 11.4 Å². The van der Waals surface area contributed by atoms with Gasteiger partial charge in [0.25, 0.3) is 0 Å². The van der Waals surface area contributed by atoms with Gasteiger partial charge < -0.3 is 4.74 Å². The third-order valence-corrected chi connectivity index (χ3v) is 2.71. The van der Waals surface area contributed by atoms with Crippen LogP contribution in [-0.4, -0.2) is 12.3 Å². The first kappa shape index (κ1) is 13.1. The Balaban J connectivity index is 2.04. The van der Waals surface area contributed by atoms with Gasteiger partial charge in [-0.05, 0) is 55.8 Å². The highest BCUT2D eigenvalue weighted by molar-refractivity contribution is 5.99. The van der Waals surface area contributed by atoms with Crippen molar-refractivity contribution in [2.24, 2.45) is 5.10 Å². The van der Waals surface area contributed by atoms with Crippen LogP contribution in [0.4, 0.5) is 5.69 Å². The average Bonchev–Trinajstić information content (AvgIpc) is 2.47. The van der Waals surface area contributed by atoms with Gasteiger partial charge in [0.15, 0.2) is 0 Å². The Morgan fingerprint density at radius 3 is 2.37 bits per heavy atom. The summed E-state index contributed by atoms with van der Waals surface area (Å²) in [5.74, 6) is 0.884. The molecule has 0 bridgehead atoms. The van der Waals surface area contributed by atoms with Crippen molar-refractivity contribution in [3.63, 3.8) is 0 Å². The molecule has 3 nitrogen and oxygen atoms in total. The van der Waals surface area contributed by atoms with E-state index in [4.69, 9.17) is 4.74 Å². The second-order valence-electron chi connectivity index (χ2n) is 4.13. The fraction of sp³-hybridized carbons (Fsp3) is 0.188. The molecule has 0 saturated heterocycles. The molecule has 2 rings (SSSR count). The molecule has 1 N–H and O–H groups in total. The van der Waals surface area contributed by atoms with Gasteiger partial charge in [-0.15, -0.1) is 0 Å². The Bertz CT molecular complexity index is 532. The summed E-state index contributed by atoms with van der Waals surface area (Å²) in [6.45, 7) is 4.64. The molecule has 0 spiro atoms. The van der Waals surface area contributed by atoms with Gasteiger partial charge in [-0.3, -0.25) is 5.43 Å². The van der Waals surface area contributed by atoms with Crippen molar-refractivity contribution in [2.45, 2.75) is 13.8 Å². The van der Waals surface area contributed by atoms with Crippen LogP contribution in [0.25, 0.3) is 0 Å². The predicted octanol–water partition coefficient (Wildman–Crippen LogP) is 3.92. The first-order chi connectivity index (χ1) is 9.29. The van der Waals surface area contributed by atoms with Crippen LogP contribution in [0.1, 0.15) is 19.4 Å². The zero-order valence-corrected chi connectivity index (χ0v) is 11.3. The molecule has 0 aliphatic carbocycles. The summed E-state index contributed by atoms with van der Waals surface area (Å²) < 4.78 is 5.41. The second-order valence-corrected chi connectivity index (χ2v) is 4.13. The maximum absolute atomic E-state index is 5.41. The third-order valence-electron chi connectivity index (χ3n) is 2.71. The zero-order valence-electron chi connectivity index (χ0n) is 11.3. The van der Waals surface area contributed by atoms with Gasteiger partial charge in [-0.1, -0.05) is 18.2 Å². The molecule has 0 aliphatic rings. The molecule has 19 heavy (non-hydrogen) atoms. The number of rotatable bonds is 5. The van der Waals surface area contributed by atoms with E-state index in [0.29, 0.717) is 6.61 Å². The van der Waals surface area contributed by atoms with Crippen LogP contribution in [0.3, 0.4) is 0 Å². The molecule has 0 aromatic heterocycles. The van der Waals surface area contributed by atoms with E-state index in [2.05, 4.69) is 10.5 Å². The standard InChI is InChI=1S/C16H18N2O/c1-3-19-16-11-9-14(10-12-16)13(2)17-18-15-7-5-4-6-8-15/h4-12,18H,3H2,1-2H3. The minimum absolute atomic E-state index is 0.683. The van der Waals surface area contributed by atoms with Gasteiger partial charge in [-0.25, -0.2) is 0 Å². The summed E-state index contributed by atoms with van der Waals surface area (Å²) in [6, 6.07) is 17.8. The number of hydrazone groups is 1. The van der Waals surface area contributed by atoms with Crippen molar-refractivity contribution in [2.75, 3.05) is 12.0 Å². The molecule has 0 unspecified atom stereocenters. The quantitative estimate of drug-likeness (QED) is 0.648. The van der Waals surface area contributed by atoms with Gasteiger partial charge in [0, 0.05) is 0 Å². The first-order valence-corrected chi connectivity index (χ1v) is 6.38. The van der Waals surface area contributed by atoms with Crippen LogP contribution in [0, 0.1) is 0 Å². The molecule has 0 heterocycles. The van der Waals surface area contributed by atoms with Crippen LogP contribution in [-0.2, 0) is 0 Å². The highest BCUT2D eigenvalue weighted by Gasteiger charge is 1.98. The van der Waals surface area contributed by atoms with Crippen molar-refractivity contribution in [1.29, 1.82) is 0 Å². The molecule has 2 aromatic carbocycles. The van der Waals surface area contributed by atoms with Crippen molar-refractivity contribution in [3.05, 3.63) is 60.2 Å². The smallest absolute Gasteiger partial charge is 0.119 e. The van der Waals surface area contributed by atoms with Gasteiger partial charge in [0.1, 0.15) is 5.75 Å². The summed E-state index contributed by atoms with van der Waals surface area (Å²) in [5, 5.41) is 4.37. The minimum atomic E-state index is 0.683. The Kier molecular flexibility index (Phi) is 4.56. The number of hydrogen-bond acceptors (Lipinski definition) is 3. The van der Waals surface area contributed by atoms with E-state index >= 15 is 0 Å². The lowest BCUT2D eigenvalue weighted by molar-refractivity contribution is 0.340. The average molecular weight is 254 g/mol. The molecule has 3 heteroatoms. The topological polar surface area (TPSA) is 33.6 Å². The molecule has 2 aromatic rings. The molecule has 0 saturated carbocycles. The van der Waals surface area contributed by atoms with E-state index in [9.17, 15) is 0 Å². The van der Waals surface area contributed by atoms with Gasteiger partial charge in [0.05, 0.1) is 18.0 Å². The van der Waals surface area contributed by atoms with Crippen LogP contribution in [0.15, 0.2) is 59.7 Å². The Morgan fingerprint density at radius 1 is 1.05 bits per heavy atom. The van der Waals surface area contributed by atoms with Crippen LogP contribution >= 0.6 is 0 Å². The summed E-state index contributed by atoms with van der Waals surface area (Å²) in [6.07, 6.45) is 0. The minimum Gasteiger partial charge on any atom is -0.494 e. The van der Waals surface area contributed by atoms with E-state index in [-0.39, 0.29) is 0 Å². The summed E-state index contributed by atoms with van der Waals surface area (Å²) in [7, 11) is 0. The number of anilines is 1. The van der Waals surface area contributed by atoms with Crippen LogP contribution < -0.4 is 10.2 Å². The Morgan fingerprint density at radius 2 is 1.74 bits per heavy atom. The largest absolute Gasteiger partial charge is 0.494 e. The second kappa shape index (κ2) is 6.59. The number of nitrogens with one attached hydrogen (secondary N) is 1. The highest BCUT2D eigenvalue weighted by atomic mass is 16.5. The van der Waals surface area contributed by atoms with Crippen LogP contribution in [0.2, 0.25) is 0 Å². The number of nitrogens with zero attached hydrogens (tertiary/aromatic N) is 1. The predicted molar refractivity (Wildman–Crippen MR) is 79.9 cm³/mol. The van der Waals surface area contributed by atoms with E-state index in [1.165, 1.54) is 0 Å². The van der Waals surface area contributed by atoms with Gasteiger partial charge >= 0.3 is 0 Å². The fourth-order valence-electron chi connectivity index (χ4n) is 1.68. The monoisotopic (exact) mass is 254 g/mol. The maximum Gasteiger partial charge on any atom is 0.119 e. The SMILES string of the molecule is CCOc1ccc(C(C)=NNc2ccccc2)cc1. The van der Waals surface area contributed by atoms with Crippen LogP contribution in [0.5, 0.6) is 5.75 Å². The Hall–Kier alpha value is -2.29. The molecule has 0 aliphatic heterocycles. The fourth-order valence-corrected chi connectivity index (χ4v) is 1.68. The summed E-state index contributed by atoms with van der Waals surface area (Å²) >= 11 is 0. The molecule has 98 valence electrons. The number of para-hydroxylation sites is 1. The van der Waals surface area contributed by atoms with E-state index in [1.54, 1.807) is 0 Å². The van der Waals surface area contributed by atoms with Crippen molar-refractivity contribution < 1.29 is 4.74 Å². The number of benzene rings is 2. The lowest BCUT2D eigenvalue weighted by Crippen LogP contribution is -2.00. The molecular formula is C16H18N2O. The Labute approximate surface area is 113 Å². The van der Waals surface area contributed by atoms with E-state index in [1.807, 2.05) is 68.4 Å². The molecule has 0 fully saturated rings. The zero-order chi connectivity index (χ0) is 13.5. The first-order valence-electron chi connectivity index (χ1n) is 6.38. The molecule has 0 amide bonds. The van der Waals surface area contributed by atoms with Crippen molar-refractivity contribution in [3.8, 4) is 5.75 Å². The molecule has 0 atom stereocenters. The lowest BCUT2D eigenvalue weighted by atomic mass is 10.1. The maximum atomic E-state index is 5.41. The van der Waals surface area contributed by atoms with E-state index < -0.39 is 0 Å². The number of hydrogen-bond donors (Lipinski definition) is 1. The highest BCUT2D eigenvalue weighted by Crippen LogP contribution is 2.13. The normalized spacial score (nSPS) is 11.2. The molecule has 0 radical (unpaired) electrons. The van der Waals surface area contributed by atoms with Crippen molar-refractivity contribution in [1.82, 2.24) is 0 Å². The van der Waals surface area contributed by atoms with E-state index in [0.717, 1.165) is 22.7 Å². The third kappa shape index (κ3) is 3.85. The number of ether oxygens (including phenoxy) is 1. The summed E-state index contributed by atoms with van der Waals surface area (Å²) in [4.78, 5) is 0. The lowest BCUT2D eigenvalue weighted by Gasteiger charge is -2.05. The molecular weight excluding hydrogens is 236 g/mol. The van der Waals surface area contributed by atoms with Gasteiger partial charge in [0.2, 0.25) is 0 Å². The van der Waals surface area contributed by atoms with Gasteiger partial charge in [-0.2, -0.15) is 5.10 Å². The summed E-state index contributed by atoms with van der Waals surface area (Å²) in [5.41, 5.74) is 6.03.